The molecule has 12 heteroatoms. The minimum absolute atomic E-state index is 0.00348. The molecule has 0 radical (unpaired) electrons. The number of nitrogens with one attached hydrogen (secondary N) is 4. The van der Waals surface area contributed by atoms with Gasteiger partial charge in [0.05, 0.1) is 45.7 Å². The Balaban J connectivity index is 3.56. The van der Waals surface area contributed by atoms with E-state index in [1.807, 2.05) is 27.7 Å². The predicted molar refractivity (Wildman–Crippen MR) is 144 cm³/mol. The lowest BCUT2D eigenvalue weighted by Crippen LogP contribution is -2.42. The molecule has 0 aliphatic heterocycles. The van der Waals surface area contributed by atoms with Crippen molar-refractivity contribution in [2.45, 2.75) is 66.0 Å². The van der Waals surface area contributed by atoms with Crippen LogP contribution in [-0.4, -0.2) is 108 Å². The number of hydrogen-bond donors (Lipinski definition) is 4. The van der Waals surface area contributed by atoms with Gasteiger partial charge in [0.15, 0.2) is 5.78 Å². The Labute approximate surface area is 227 Å². The quantitative estimate of drug-likeness (QED) is 0.117. The van der Waals surface area contributed by atoms with Crippen LogP contribution < -0.4 is 21.3 Å². The highest BCUT2D eigenvalue weighted by Crippen LogP contribution is 2.08. The van der Waals surface area contributed by atoms with Crippen molar-refractivity contribution in [3.63, 3.8) is 0 Å². The topological polar surface area (TPSA) is 153 Å². The standard InChI is InChI=1S/C26H50N4O8/c1-20(2)26(34)23(30-21(3)4)8-6-7-9-28-24(32)18-37-17-15-36-13-11-29-25(33)19-38-16-14-35-12-10-27-22(5)31/h20-21,23,30H,6-19H2,1-5H3,(H,27,31)(H,28,32)(H,29,33)/t23-/m0/s1. The van der Waals surface area contributed by atoms with Crippen LogP contribution in [-0.2, 0) is 38.1 Å². The number of unbranched alkanes of at least 4 members (excludes halogenated alkanes) is 1. The lowest BCUT2D eigenvalue weighted by molar-refractivity contribution is -0.127. The fourth-order valence-electron chi connectivity index (χ4n) is 3.25. The van der Waals surface area contributed by atoms with Crippen LogP contribution in [0.5, 0.6) is 0 Å². The average Bonchev–Trinajstić information content (AvgIpc) is 2.85. The number of carbonyl (C=O) groups is 4. The van der Waals surface area contributed by atoms with E-state index in [-0.39, 0.29) is 67.9 Å². The van der Waals surface area contributed by atoms with Gasteiger partial charge in [0.2, 0.25) is 17.7 Å². The first-order valence-corrected chi connectivity index (χ1v) is 13.5. The summed E-state index contributed by atoms with van der Waals surface area (Å²) in [6.07, 6.45) is 2.39. The third kappa shape index (κ3) is 23.0. The number of amides is 3. The summed E-state index contributed by atoms with van der Waals surface area (Å²) in [7, 11) is 0. The summed E-state index contributed by atoms with van der Waals surface area (Å²) in [5, 5.41) is 11.4. The normalized spacial score (nSPS) is 12.0. The van der Waals surface area contributed by atoms with Crippen LogP contribution in [0.3, 0.4) is 0 Å². The molecule has 0 aromatic rings. The SMILES string of the molecule is CC(=O)NCCOCCOCC(=O)NCCOCCOCC(=O)NCCCC[C@H](NC(C)C)C(=O)C(C)C. The third-order valence-electron chi connectivity index (χ3n) is 5.09. The zero-order valence-corrected chi connectivity index (χ0v) is 23.9. The molecule has 4 N–H and O–H groups in total. The highest BCUT2D eigenvalue weighted by Gasteiger charge is 2.21. The Morgan fingerprint density at radius 1 is 0.632 bits per heavy atom. The molecule has 38 heavy (non-hydrogen) atoms. The molecule has 222 valence electrons. The molecule has 1 atom stereocenters. The molecule has 0 fully saturated rings. The summed E-state index contributed by atoms with van der Waals surface area (Å²) < 4.78 is 21.1. The summed E-state index contributed by atoms with van der Waals surface area (Å²) in [6, 6.07) is 0.0992. The van der Waals surface area contributed by atoms with Gasteiger partial charge in [0.25, 0.3) is 0 Å². The largest absolute Gasteiger partial charge is 0.377 e. The number of ether oxygens (including phenoxy) is 4. The van der Waals surface area contributed by atoms with Gasteiger partial charge in [0.1, 0.15) is 13.2 Å². The molecule has 0 rings (SSSR count). The van der Waals surface area contributed by atoms with Gasteiger partial charge in [0, 0.05) is 38.5 Å². The number of Topliss-reactive ketones (excluding diaryl/α,β-unsaturated/α-hetero) is 1. The van der Waals surface area contributed by atoms with E-state index in [1.54, 1.807) is 0 Å². The highest BCUT2D eigenvalue weighted by atomic mass is 16.5. The van der Waals surface area contributed by atoms with E-state index in [1.165, 1.54) is 6.92 Å². The third-order valence-corrected chi connectivity index (χ3v) is 5.09. The molecular weight excluding hydrogens is 496 g/mol. The van der Waals surface area contributed by atoms with Crippen LogP contribution in [0.2, 0.25) is 0 Å². The van der Waals surface area contributed by atoms with Crippen LogP contribution in [0.15, 0.2) is 0 Å². The minimum Gasteiger partial charge on any atom is -0.377 e. The van der Waals surface area contributed by atoms with Gasteiger partial charge < -0.3 is 40.2 Å². The van der Waals surface area contributed by atoms with E-state index in [4.69, 9.17) is 18.9 Å². The zero-order chi connectivity index (χ0) is 28.6. The number of hydrogen-bond acceptors (Lipinski definition) is 9. The average molecular weight is 547 g/mol. The molecule has 0 bridgehead atoms. The molecule has 12 nitrogen and oxygen atoms in total. The van der Waals surface area contributed by atoms with Gasteiger partial charge in [-0.15, -0.1) is 0 Å². The lowest BCUT2D eigenvalue weighted by Gasteiger charge is -2.22. The first-order valence-electron chi connectivity index (χ1n) is 13.5. The van der Waals surface area contributed by atoms with Crippen molar-refractivity contribution >= 4 is 23.5 Å². The molecule has 0 aliphatic rings. The second-order valence-corrected chi connectivity index (χ2v) is 9.44. The van der Waals surface area contributed by atoms with Crippen molar-refractivity contribution in [2.75, 3.05) is 72.5 Å². The number of ketones is 1. The molecule has 0 aromatic heterocycles. The summed E-state index contributed by atoms with van der Waals surface area (Å²) in [5.74, 6) is -0.325. The summed E-state index contributed by atoms with van der Waals surface area (Å²) in [5.41, 5.74) is 0. The Kier molecular flexibility index (Phi) is 22.6. The molecule has 0 saturated heterocycles. The van der Waals surface area contributed by atoms with Crippen LogP contribution in [0.25, 0.3) is 0 Å². The van der Waals surface area contributed by atoms with E-state index in [2.05, 4.69) is 21.3 Å². The smallest absolute Gasteiger partial charge is 0.246 e. The number of carbonyl (C=O) groups excluding carboxylic acids is 4. The molecule has 0 heterocycles. The monoisotopic (exact) mass is 546 g/mol. The molecule has 3 amide bonds. The summed E-state index contributed by atoms with van der Waals surface area (Å²) in [6.45, 7) is 12.4. The van der Waals surface area contributed by atoms with Gasteiger partial charge in [-0.25, -0.2) is 0 Å². The van der Waals surface area contributed by atoms with E-state index in [0.29, 0.717) is 46.1 Å². The Bertz CT molecular complexity index is 661. The van der Waals surface area contributed by atoms with Crippen molar-refractivity contribution < 1.29 is 38.1 Å². The molecule has 0 aliphatic carbocycles. The zero-order valence-electron chi connectivity index (χ0n) is 23.9. The van der Waals surface area contributed by atoms with Gasteiger partial charge >= 0.3 is 0 Å². The van der Waals surface area contributed by atoms with Gasteiger partial charge in [-0.05, 0) is 19.3 Å². The summed E-state index contributed by atoms with van der Waals surface area (Å²) >= 11 is 0. The van der Waals surface area contributed by atoms with Gasteiger partial charge in [-0.3, -0.25) is 19.2 Å². The molecular formula is C26H50N4O8. The first-order chi connectivity index (χ1) is 18.1. The van der Waals surface area contributed by atoms with E-state index < -0.39 is 0 Å². The Morgan fingerprint density at radius 3 is 1.63 bits per heavy atom. The maximum Gasteiger partial charge on any atom is 0.246 e. The van der Waals surface area contributed by atoms with Crippen LogP contribution in [0.1, 0.15) is 53.9 Å². The Hall–Kier alpha value is -2.12. The van der Waals surface area contributed by atoms with Crippen molar-refractivity contribution in [1.29, 1.82) is 0 Å². The van der Waals surface area contributed by atoms with Crippen molar-refractivity contribution in [3.8, 4) is 0 Å². The summed E-state index contributed by atoms with van der Waals surface area (Å²) in [4.78, 5) is 46.5. The predicted octanol–water partition coefficient (Wildman–Crippen LogP) is 0.183. The fraction of sp³-hybridized carbons (Fsp3) is 0.846. The van der Waals surface area contributed by atoms with Crippen LogP contribution in [0.4, 0.5) is 0 Å². The van der Waals surface area contributed by atoms with Gasteiger partial charge in [-0.1, -0.05) is 27.7 Å². The fourth-order valence-corrected chi connectivity index (χ4v) is 3.25. The van der Waals surface area contributed by atoms with E-state index in [0.717, 1.165) is 19.3 Å². The minimum atomic E-state index is -0.252. The lowest BCUT2D eigenvalue weighted by atomic mass is 9.96. The van der Waals surface area contributed by atoms with Gasteiger partial charge in [-0.2, -0.15) is 0 Å². The molecule has 0 saturated carbocycles. The van der Waals surface area contributed by atoms with Crippen molar-refractivity contribution in [2.24, 2.45) is 5.92 Å². The van der Waals surface area contributed by atoms with Crippen LogP contribution in [0, 0.1) is 5.92 Å². The second-order valence-electron chi connectivity index (χ2n) is 9.44. The molecule has 0 spiro atoms. The maximum absolute atomic E-state index is 12.3. The maximum atomic E-state index is 12.3. The number of rotatable bonds is 25. The molecule has 0 unspecified atom stereocenters. The van der Waals surface area contributed by atoms with Crippen molar-refractivity contribution in [1.82, 2.24) is 21.3 Å². The molecule has 0 aromatic carbocycles. The first kappa shape index (κ1) is 35.9. The van der Waals surface area contributed by atoms with Crippen molar-refractivity contribution in [3.05, 3.63) is 0 Å². The Morgan fingerprint density at radius 2 is 1.13 bits per heavy atom. The van der Waals surface area contributed by atoms with E-state index in [9.17, 15) is 19.2 Å². The second kappa shape index (κ2) is 24.0. The van der Waals surface area contributed by atoms with E-state index >= 15 is 0 Å². The van der Waals surface area contributed by atoms with Crippen LogP contribution >= 0.6 is 0 Å². The highest BCUT2D eigenvalue weighted by molar-refractivity contribution is 5.85.